The van der Waals surface area contributed by atoms with E-state index in [2.05, 4.69) is 21.2 Å². The molecule has 1 rings (SSSR count). The summed E-state index contributed by atoms with van der Waals surface area (Å²) in [5.41, 5.74) is 0.0363. The van der Waals surface area contributed by atoms with Gasteiger partial charge >= 0.3 is 0 Å². The number of nitrogens with one attached hydrogen (secondary N) is 1. The number of halogens is 3. The Hall–Kier alpha value is -0.130. The molecule has 0 aromatic heterocycles. The van der Waals surface area contributed by atoms with E-state index in [-0.39, 0.29) is 12.1 Å². The van der Waals surface area contributed by atoms with E-state index in [4.69, 9.17) is 0 Å². The number of rotatable bonds is 5. The molecule has 1 aromatic carbocycles. The average molecular weight is 310 g/mol. The lowest BCUT2D eigenvalue weighted by Crippen LogP contribution is -2.28. The van der Waals surface area contributed by atoms with Crippen molar-refractivity contribution in [1.82, 2.24) is 5.32 Å². The fraction of sp³-hybridized carbons (Fsp3) is 0.455. The van der Waals surface area contributed by atoms with Gasteiger partial charge in [-0.2, -0.15) is 8.78 Å². The van der Waals surface area contributed by atoms with E-state index >= 15 is 0 Å². The number of benzene rings is 1. The molecule has 0 radical (unpaired) electrons. The molecule has 0 unspecified atom stereocenters. The fourth-order valence-electron chi connectivity index (χ4n) is 1.32. The maximum atomic E-state index is 13.6. The maximum absolute atomic E-state index is 13.6. The summed E-state index contributed by atoms with van der Waals surface area (Å²) in [5, 5.41) is 2.50. The van der Waals surface area contributed by atoms with Crippen LogP contribution in [0.4, 0.5) is 8.78 Å². The third kappa shape index (κ3) is 3.43. The van der Waals surface area contributed by atoms with E-state index in [1.54, 1.807) is 17.8 Å². The molecule has 0 aliphatic heterocycles. The Balaban J connectivity index is 2.96. The van der Waals surface area contributed by atoms with Gasteiger partial charge in [0.1, 0.15) is 0 Å². The van der Waals surface area contributed by atoms with Crippen LogP contribution >= 0.6 is 27.7 Å². The van der Waals surface area contributed by atoms with Crippen molar-refractivity contribution in [1.29, 1.82) is 0 Å². The smallest absolute Gasteiger partial charge is 0.285 e. The van der Waals surface area contributed by atoms with Crippen molar-refractivity contribution in [3.05, 3.63) is 28.2 Å². The molecule has 5 heteroatoms. The van der Waals surface area contributed by atoms with Crippen molar-refractivity contribution in [3.63, 3.8) is 0 Å². The third-order valence-electron chi connectivity index (χ3n) is 2.05. The largest absolute Gasteiger partial charge is 0.314 e. The summed E-state index contributed by atoms with van der Waals surface area (Å²) >= 11 is 4.94. The molecule has 1 N–H and O–H groups in total. The van der Waals surface area contributed by atoms with Crippen LogP contribution in [0, 0.1) is 0 Å². The molecule has 0 aliphatic rings. The minimum atomic E-state index is -2.83. The number of alkyl halides is 2. The fourth-order valence-corrected chi connectivity index (χ4v) is 2.72. The third-order valence-corrected chi connectivity index (χ3v) is 3.93. The zero-order valence-corrected chi connectivity index (χ0v) is 11.6. The summed E-state index contributed by atoms with van der Waals surface area (Å²) in [4.78, 5) is 0.992. The van der Waals surface area contributed by atoms with Gasteiger partial charge in [-0.05, 0) is 40.9 Å². The highest BCUT2D eigenvalue weighted by Gasteiger charge is 2.30. The first-order chi connectivity index (χ1) is 7.51. The van der Waals surface area contributed by atoms with Crippen LogP contribution in [0.15, 0.2) is 27.6 Å². The van der Waals surface area contributed by atoms with Crippen molar-refractivity contribution in [3.8, 4) is 0 Å². The predicted molar refractivity (Wildman–Crippen MR) is 68.4 cm³/mol. The van der Waals surface area contributed by atoms with Gasteiger partial charge in [0.15, 0.2) is 0 Å². The van der Waals surface area contributed by atoms with Crippen molar-refractivity contribution in [2.45, 2.75) is 17.7 Å². The molecule has 0 amide bonds. The Morgan fingerprint density at radius 2 is 2.12 bits per heavy atom. The first kappa shape index (κ1) is 13.9. The number of hydrogen-bond donors (Lipinski definition) is 1. The van der Waals surface area contributed by atoms with Crippen LogP contribution in [0.1, 0.15) is 12.5 Å². The number of thioether (sulfide) groups is 1. The van der Waals surface area contributed by atoms with Crippen molar-refractivity contribution >= 4 is 27.7 Å². The van der Waals surface area contributed by atoms with Gasteiger partial charge in [0, 0.05) is 14.9 Å². The predicted octanol–water partition coefficient (Wildman–Crippen LogP) is 3.87. The Kier molecular flexibility index (Phi) is 5.21. The second kappa shape index (κ2) is 5.98. The Morgan fingerprint density at radius 1 is 1.44 bits per heavy atom. The number of hydrogen-bond acceptors (Lipinski definition) is 2. The van der Waals surface area contributed by atoms with Crippen LogP contribution < -0.4 is 5.32 Å². The Labute approximate surface area is 107 Å². The SMILES string of the molecule is CCSc1ccc(C(F)(F)CNC)cc1Br. The highest BCUT2D eigenvalue weighted by molar-refractivity contribution is 9.10. The minimum absolute atomic E-state index is 0.0363. The normalized spacial score (nSPS) is 11.8. The zero-order chi connectivity index (χ0) is 12.2. The quantitative estimate of drug-likeness (QED) is 0.829. The molecule has 0 aliphatic carbocycles. The van der Waals surface area contributed by atoms with Gasteiger partial charge in [-0.1, -0.05) is 13.0 Å². The molecule has 0 saturated heterocycles. The van der Waals surface area contributed by atoms with Gasteiger partial charge in [0.25, 0.3) is 5.92 Å². The first-order valence-corrected chi connectivity index (χ1v) is 6.74. The van der Waals surface area contributed by atoms with Gasteiger partial charge in [-0.25, -0.2) is 0 Å². The molecule has 0 fully saturated rings. The van der Waals surface area contributed by atoms with E-state index in [9.17, 15) is 8.78 Å². The average Bonchev–Trinajstić information content (AvgIpc) is 2.21. The minimum Gasteiger partial charge on any atom is -0.314 e. The van der Waals surface area contributed by atoms with Gasteiger partial charge in [0.2, 0.25) is 0 Å². The van der Waals surface area contributed by atoms with Crippen LogP contribution in [-0.2, 0) is 5.92 Å². The molecule has 1 nitrogen and oxygen atoms in total. The van der Waals surface area contributed by atoms with E-state index < -0.39 is 5.92 Å². The summed E-state index contributed by atoms with van der Waals surface area (Å²) in [6, 6.07) is 4.71. The van der Waals surface area contributed by atoms with E-state index in [0.29, 0.717) is 0 Å². The molecule has 16 heavy (non-hydrogen) atoms. The molecule has 0 atom stereocenters. The molecule has 1 aromatic rings. The molecule has 90 valence electrons. The summed E-state index contributed by atoms with van der Waals surface area (Å²) in [5.74, 6) is -1.91. The molecular weight excluding hydrogens is 296 g/mol. The lowest BCUT2D eigenvalue weighted by Gasteiger charge is -2.17. The van der Waals surface area contributed by atoms with Crippen LogP contribution in [-0.4, -0.2) is 19.3 Å². The Bertz CT molecular complexity index is 358. The summed E-state index contributed by atoms with van der Waals surface area (Å²) in [7, 11) is 1.52. The molecular formula is C11H14BrF2NS. The van der Waals surface area contributed by atoms with Crippen molar-refractivity contribution in [2.75, 3.05) is 19.3 Å². The number of likely N-dealkylation sites (N-methyl/N-ethyl adjacent to an activating group) is 1. The molecule has 0 heterocycles. The topological polar surface area (TPSA) is 12.0 Å². The zero-order valence-electron chi connectivity index (χ0n) is 9.19. The van der Waals surface area contributed by atoms with E-state index in [0.717, 1.165) is 15.1 Å². The second-order valence-electron chi connectivity index (χ2n) is 3.31. The van der Waals surface area contributed by atoms with E-state index in [1.165, 1.54) is 19.2 Å². The van der Waals surface area contributed by atoms with E-state index in [1.807, 2.05) is 6.92 Å². The van der Waals surface area contributed by atoms with Crippen molar-refractivity contribution < 1.29 is 8.78 Å². The van der Waals surface area contributed by atoms with Crippen LogP contribution in [0.3, 0.4) is 0 Å². The summed E-state index contributed by atoms with van der Waals surface area (Å²) < 4.78 is 27.9. The van der Waals surface area contributed by atoms with Crippen LogP contribution in [0.5, 0.6) is 0 Å². The highest BCUT2D eigenvalue weighted by Crippen LogP contribution is 2.34. The summed E-state index contributed by atoms with van der Waals surface area (Å²) in [6.07, 6.45) is 0. The molecule has 0 saturated carbocycles. The van der Waals surface area contributed by atoms with Gasteiger partial charge in [0.05, 0.1) is 6.54 Å². The Morgan fingerprint density at radius 3 is 2.62 bits per heavy atom. The van der Waals surface area contributed by atoms with Gasteiger partial charge < -0.3 is 5.32 Å². The van der Waals surface area contributed by atoms with Gasteiger partial charge in [-0.15, -0.1) is 11.8 Å². The standard InChI is InChI=1S/C11H14BrF2NS/c1-3-16-10-5-4-8(6-9(10)12)11(13,14)7-15-2/h4-6,15H,3,7H2,1-2H3. The van der Waals surface area contributed by atoms with Gasteiger partial charge in [-0.3, -0.25) is 0 Å². The van der Waals surface area contributed by atoms with Crippen molar-refractivity contribution in [2.24, 2.45) is 0 Å². The molecule has 0 bridgehead atoms. The van der Waals surface area contributed by atoms with Crippen LogP contribution in [0.25, 0.3) is 0 Å². The highest BCUT2D eigenvalue weighted by atomic mass is 79.9. The summed E-state index contributed by atoms with van der Waals surface area (Å²) in [6.45, 7) is 1.68. The molecule has 0 spiro atoms. The first-order valence-electron chi connectivity index (χ1n) is 4.96. The second-order valence-corrected chi connectivity index (χ2v) is 5.47. The monoisotopic (exact) mass is 309 g/mol. The maximum Gasteiger partial charge on any atom is 0.285 e. The van der Waals surface area contributed by atoms with Crippen LogP contribution in [0.2, 0.25) is 0 Å². The lowest BCUT2D eigenvalue weighted by molar-refractivity contribution is -0.00136. The lowest BCUT2D eigenvalue weighted by atomic mass is 10.1.